The van der Waals surface area contributed by atoms with Gasteiger partial charge in [0.15, 0.2) is 0 Å². The summed E-state index contributed by atoms with van der Waals surface area (Å²) in [7, 11) is 0. The van der Waals surface area contributed by atoms with E-state index in [1.54, 1.807) is 6.92 Å². The fraction of sp³-hybridized carbons (Fsp3) is 1.00. The van der Waals surface area contributed by atoms with Crippen molar-refractivity contribution in [2.45, 2.75) is 44.6 Å². The van der Waals surface area contributed by atoms with Crippen LogP contribution in [0.3, 0.4) is 0 Å². The Morgan fingerprint density at radius 1 is 1.64 bits per heavy atom. The molecule has 1 rings (SSSR count). The lowest BCUT2D eigenvalue weighted by Crippen LogP contribution is -2.29. The Balaban J connectivity index is 2.62. The van der Waals surface area contributed by atoms with Crippen LogP contribution in [0.25, 0.3) is 0 Å². The van der Waals surface area contributed by atoms with Gasteiger partial charge in [0.1, 0.15) is 12.1 Å². The van der Waals surface area contributed by atoms with Crippen LogP contribution in [0.15, 0.2) is 5.18 Å². The Morgan fingerprint density at radius 3 is 2.55 bits per heavy atom. The fourth-order valence-electron chi connectivity index (χ4n) is 1.42. The summed E-state index contributed by atoms with van der Waals surface area (Å²) in [4.78, 5) is 10.2. The van der Waals surface area contributed by atoms with Gasteiger partial charge in [0, 0.05) is 0 Å². The fourth-order valence-corrected chi connectivity index (χ4v) is 1.42. The molecule has 0 radical (unpaired) electrons. The minimum Gasteiger partial charge on any atom is -0.388 e. The van der Waals surface area contributed by atoms with Gasteiger partial charge in [-0.05, 0) is 13.3 Å². The summed E-state index contributed by atoms with van der Waals surface area (Å²) < 4.78 is 5.28. The zero-order valence-electron chi connectivity index (χ0n) is 6.73. The van der Waals surface area contributed by atoms with E-state index in [-0.39, 0.29) is 12.2 Å². The molecule has 1 fully saturated rings. The molecule has 1 heterocycles. The molecule has 0 aromatic carbocycles. The molecule has 0 aromatic heterocycles. The maximum atomic E-state index is 10.2. The lowest BCUT2D eigenvalue weighted by molar-refractivity contribution is 0.0144. The van der Waals surface area contributed by atoms with E-state index >= 15 is 0 Å². The number of rotatable bonds is 2. The molecule has 1 aliphatic rings. The molecule has 0 bridgehead atoms. The highest BCUT2D eigenvalue weighted by molar-refractivity contribution is 4.92. The van der Waals surface area contributed by atoms with Gasteiger partial charge in [-0.15, -0.1) is 0 Å². The second-order valence-corrected chi connectivity index (χ2v) is 2.87. The smallest absolute Gasteiger partial charge is 0.146 e. The highest BCUT2D eigenvalue weighted by Gasteiger charge is 2.41. The van der Waals surface area contributed by atoms with Crippen molar-refractivity contribution in [3.8, 4) is 0 Å². The molecule has 4 nitrogen and oxygen atoms in total. The van der Waals surface area contributed by atoms with E-state index in [0.717, 1.165) is 6.42 Å². The van der Waals surface area contributed by atoms with Gasteiger partial charge >= 0.3 is 0 Å². The molecule has 4 heteroatoms. The highest BCUT2D eigenvalue weighted by atomic mass is 16.5. The van der Waals surface area contributed by atoms with E-state index < -0.39 is 12.1 Å². The van der Waals surface area contributed by atoms with Crippen molar-refractivity contribution in [2.24, 2.45) is 5.18 Å². The predicted octanol–water partition coefficient (Wildman–Crippen LogP) is 0.680. The molecule has 1 N–H and O–H groups in total. The molecule has 0 amide bonds. The van der Waals surface area contributed by atoms with Crippen LogP contribution < -0.4 is 0 Å². The van der Waals surface area contributed by atoms with Crippen molar-refractivity contribution in [1.29, 1.82) is 0 Å². The third-order valence-corrected chi connectivity index (χ3v) is 2.13. The summed E-state index contributed by atoms with van der Waals surface area (Å²) >= 11 is 0. The molecular formula is C7H13NO3. The number of ether oxygens (including phenoxy) is 1. The van der Waals surface area contributed by atoms with E-state index in [0.29, 0.717) is 0 Å². The zero-order valence-corrected chi connectivity index (χ0v) is 6.73. The number of aliphatic hydroxyl groups is 1. The molecule has 1 aliphatic heterocycles. The SMILES string of the molecule is CC[C@@H]1OC(C)[C@@H](N=O)[C@H]1O. The third-order valence-electron chi connectivity index (χ3n) is 2.13. The van der Waals surface area contributed by atoms with Gasteiger partial charge < -0.3 is 9.84 Å². The Morgan fingerprint density at radius 2 is 2.27 bits per heavy atom. The second kappa shape index (κ2) is 3.28. The van der Waals surface area contributed by atoms with Gasteiger partial charge in [0.2, 0.25) is 0 Å². The molecule has 0 aromatic rings. The number of hydrogen-bond acceptors (Lipinski definition) is 4. The quantitative estimate of drug-likeness (QED) is 0.603. The van der Waals surface area contributed by atoms with Crippen molar-refractivity contribution in [3.63, 3.8) is 0 Å². The van der Waals surface area contributed by atoms with E-state index in [1.807, 2.05) is 6.92 Å². The minimum absolute atomic E-state index is 0.215. The van der Waals surface area contributed by atoms with Crippen LogP contribution in [0.5, 0.6) is 0 Å². The Labute approximate surface area is 65.5 Å². The maximum Gasteiger partial charge on any atom is 0.146 e. The lowest BCUT2D eigenvalue weighted by Gasteiger charge is -2.10. The summed E-state index contributed by atoms with van der Waals surface area (Å²) in [5.41, 5.74) is 0. The average molecular weight is 159 g/mol. The summed E-state index contributed by atoms with van der Waals surface area (Å²) in [5, 5.41) is 12.2. The Kier molecular flexibility index (Phi) is 2.57. The standard InChI is InChI=1S/C7H13NO3/c1-3-5-7(9)6(8-10)4(2)11-5/h4-7,9H,3H2,1-2H3/t4?,5-,6+,7-/m0/s1. The second-order valence-electron chi connectivity index (χ2n) is 2.87. The maximum absolute atomic E-state index is 10.2. The van der Waals surface area contributed by atoms with Crippen LogP contribution in [0, 0.1) is 4.91 Å². The molecule has 0 spiro atoms. The summed E-state index contributed by atoms with van der Waals surface area (Å²) in [6.45, 7) is 3.67. The van der Waals surface area contributed by atoms with Gasteiger partial charge in [-0.3, -0.25) is 0 Å². The van der Waals surface area contributed by atoms with Crippen LogP contribution in [0.1, 0.15) is 20.3 Å². The number of aliphatic hydroxyl groups excluding tert-OH is 1. The first-order valence-corrected chi connectivity index (χ1v) is 3.86. The van der Waals surface area contributed by atoms with Crippen molar-refractivity contribution in [2.75, 3.05) is 0 Å². The van der Waals surface area contributed by atoms with Crippen molar-refractivity contribution < 1.29 is 9.84 Å². The average Bonchev–Trinajstić information content (AvgIpc) is 2.26. The summed E-state index contributed by atoms with van der Waals surface area (Å²) in [5.74, 6) is 0. The monoisotopic (exact) mass is 159 g/mol. The van der Waals surface area contributed by atoms with Crippen LogP contribution in [-0.4, -0.2) is 29.5 Å². The van der Waals surface area contributed by atoms with Crippen molar-refractivity contribution in [3.05, 3.63) is 4.91 Å². The largest absolute Gasteiger partial charge is 0.388 e. The van der Waals surface area contributed by atoms with Crippen LogP contribution in [0.2, 0.25) is 0 Å². The summed E-state index contributed by atoms with van der Waals surface area (Å²) in [6, 6.07) is -0.583. The van der Waals surface area contributed by atoms with Gasteiger partial charge in [-0.2, -0.15) is 4.91 Å². The van der Waals surface area contributed by atoms with Crippen LogP contribution in [-0.2, 0) is 4.74 Å². The predicted molar refractivity (Wildman–Crippen MR) is 40.2 cm³/mol. The van der Waals surface area contributed by atoms with E-state index in [1.165, 1.54) is 0 Å². The molecule has 1 unspecified atom stereocenters. The lowest BCUT2D eigenvalue weighted by atomic mass is 10.1. The van der Waals surface area contributed by atoms with Crippen molar-refractivity contribution in [1.82, 2.24) is 0 Å². The van der Waals surface area contributed by atoms with E-state index in [4.69, 9.17) is 4.74 Å². The topological polar surface area (TPSA) is 58.9 Å². The Hall–Kier alpha value is -0.480. The molecule has 0 aliphatic carbocycles. The van der Waals surface area contributed by atoms with Crippen LogP contribution in [0.4, 0.5) is 0 Å². The molecule has 4 atom stereocenters. The normalized spacial score (nSPS) is 44.3. The molecule has 0 saturated carbocycles. The molecule has 1 saturated heterocycles. The highest BCUT2D eigenvalue weighted by Crippen LogP contribution is 2.25. The third kappa shape index (κ3) is 1.41. The van der Waals surface area contributed by atoms with Gasteiger partial charge in [-0.25, -0.2) is 0 Å². The number of nitroso groups, excluding NO2 is 1. The minimum atomic E-state index is -0.715. The Bertz CT molecular complexity index is 151. The zero-order chi connectivity index (χ0) is 8.43. The van der Waals surface area contributed by atoms with Gasteiger partial charge in [0.05, 0.1) is 12.2 Å². The van der Waals surface area contributed by atoms with Crippen molar-refractivity contribution >= 4 is 0 Å². The number of nitrogens with zero attached hydrogens (tertiary/aromatic N) is 1. The number of hydrogen-bond donors (Lipinski definition) is 1. The van der Waals surface area contributed by atoms with E-state index in [9.17, 15) is 10.0 Å². The van der Waals surface area contributed by atoms with E-state index in [2.05, 4.69) is 5.18 Å². The van der Waals surface area contributed by atoms with Crippen LogP contribution >= 0.6 is 0 Å². The van der Waals surface area contributed by atoms with Gasteiger partial charge in [0.25, 0.3) is 0 Å². The first-order valence-electron chi connectivity index (χ1n) is 3.86. The molecular weight excluding hydrogens is 146 g/mol. The summed E-state index contributed by atoms with van der Waals surface area (Å²) in [6.07, 6.45) is -0.454. The first-order chi connectivity index (χ1) is 5.20. The molecule has 11 heavy (non-hydrogen) atoms. The first kappa shape index (κ1) is 8.62. The van der Waals surface area contributed by atoms with Gasteiger partial charge in [-0.1, -0.05) is 12.1 Å². The molecule has 64 valence electrons.